The van der Waals surface area contributed by atoms with Crippen LogP contribution in [0.25, 0.3) is 10.9 Å². The molecule has 27 heavy (non-hydrogen) atoms. The summed E-state index contributed by atoms with van der Waals surface area (Å²) >= 11 is 0. The van der Waals surface area contributed by atoms with Crippen LogP contribution in [0.3, 0.4) is 0 Å². The number of carboxylic acid groups (broad SMARTS) is 1. The molecule has 138 valence electrons. The standard InChI is InChI=1S/C19H19N5O3/c25-19(26)24-4-3-12-5-16(1-2-17(12)24)27-18-7-14(21-11-22-18)10-23-9-13-6-15(23)8-20-13/h1-5,7,11,13,15,20H,6,8-10H2,(H,25,26)/t13-,15-/m0/s1. The van der Waals surface area contributed by atoms with Crippen molar-refractivity contribution in [3.8, 4) is 11.6 Å². The summed E-state index contributed by atoms with van der Waals surface area (Å²) in [6.45, 7) is 2.90. The maximum absolute atomic E-state index is 11.2. The number of fused-ring (bicyclic) bond motifs is 3. The highest BCUT2D eigenvalue weighted by atomic mass is 16.5. The van der Waals surface area contributed by atoms with Gasteiger partial charge in [0.2, 0.25) is 5.88 Å². The Hall–Kier alpha value is -2.97. The van der Waals surface area contributed by atoms with Gasteiger partial charge in [-0.15, -0.1) is 0 Å². The molecule has 1 aromatic carbocycles. The van der Waals surface area contributed by atoms with Gasteiger partial charge in [0.15, 0.2) is 0 Å². The van der Waals surface area contributed by atoms with E-state index in [-0.39, 0.29) is 0 Å². The molecule has 0 radical (unpaired) electrons. The van der Waals surface area contributed by atoms with Gasteiger partial charge in [0.25, 0.3) is 0 Å². The van der Waals surface area contributed by atoms with Gasteiger partial charge in [-0.3, -0.25) is 9.47 Å². The molecule has 0 spiro atoms. The molecule has 0 amide bonds. The number of nitrogens with zero attached hydrogens (tertiary/aromatic N) is 4. The zero-order chi connectivity index (χ0) is 18.4. The summed E-state index contributed by atoms with van der Waals surface area (Å²) in [6, 6.07) is 10.1. The molecule has 4 heterocycles. The lowest BCUT2D eigenvalue weighted by molar-refractivity contribution is 0.197. The maximum Gasteiger partial charge on any atom is 0.415 e. The van der Waals surface area contributed by atoms with Crippen LogP contribution >= 0.6 is 0 Å². The van der Waals surface area contributed by atoms with Gasteiger partial charge in [-0.1, -0.05) is 0 Å². The van der Waals surface area contributed by atoms with Crippen LogP contribution in [0.1, 0.15) is 12.1 Å². The fourth-order valence-electron chi connectivity index (χ4n) is 4.04. The van der Waals surface area contributed by atoms with Gasteiger partial charge < -0.3 is 15.2 Å². The van der Waals surface area contributed by atoms with Crippen LogP contribution in [0, 0.1) is 0 Å². The first-order chi connectivity index (χ1) is 13.2. The minimum atomic E-state index is -1.01. The second-order valence-corrected chi connectivity index (χ2v) is 7.06. The highest BCUT2D eigenvalue weighted by molar-refractivity contribution is 5.89. The van der Waals surface area contributed by atoms with E-state index in [1.807, 2.05) is 12.1 Å². The lowest BCUT2D eigenvalue weighted by Crippen LogP contribution is -2.43. The van der Waals surface area contributed by atoms with Crippen molar-refractivity contribution in [3.05, 3.63) is 48.5 Å². The summed E-state index contributed by atoms with van der Waals surface area (Å²) in [5.41, 5.74) is 1.56. The molecule has 3 aromatic rings. The number of hydrogen-bond donors (Lipinski definition) is 2. The molecule has 5 rings (SSSR count). The summed E-state index contributed by atoms with van der Waals surface area (Å²) in [4.78, 5) is 22.2. The number of rotatable bonds is 4. The first-order valence-corrected chi connectivity index (χ1v) is 8.96. The number of carbonyl (C=O) groups is 1. The molecular weight excluding hydrogens is 346 g/mol. The minimum Gasteiger partial charge on any atom is -0.464 e. The third-order valence-electron chi connectivity index (χ3n) is 5.32. The van der Waals surface area contributed by atoms with Gasteiger partial charge in [0.1, 0.15) is 12.1 Å². The molecule has 2 aromatic heterocycles. The van der Waals surface area contributed by atoms with Crippen molar-refractivity contribution in [1.82, 2.24) is 24.8 Å². The summed E-state index contributed by atoms with van der Waals surface area (Å²) in [6.07, 6.45) is 3.25. The lowest BCUT2D eigenvalue weighted by atomic mass is 10.2. The van der Waals surface area contributed by atoms with Crippen molar-refractivity contribution in [1.29, 1.82) is 0 Å². The SMILES string of the molecule is O=C(O)n1ccc2cc(Oc3cc(CN4C[C@@H]5C[C@H]4CN5)ncn3)ccc21. The monoisotopic (exact) mass is 365 g/mol. The van der Waals surface area contributed by atoms with Crippen molar-refractivity contribution in [3.63, 3.8) is 0 Å². The van der Waals surface area contributed by atoms with Gasteiger partial charge >= 0.3 is 6.09 Å². The normalized spacial score (nSPS) is 21.8. The maximum atomic E-state index is 11.2. The molecule has 2 saturated heterocycles. The molecule has 2 aliphatic rings. The van der Waals surface area contributed by atoms with E-state index in [1.165, 1.54) is 23.5 Å². The zero-order valence-electron chi connectivity index (χ0n) is 14.6. The smallest absolute Gasteiger partial charge is 0.415 e. The number of nitrogens with one attached hydrogen (secondary N) is 1. The zero-order valence-corrected chi connectivity index (χ0v) is 14.6. The van der Waals surface area contributed by atoms with E-state index in [0.29, 0.717) is 29.2 Å². The summed E-state index contributed by atoms with van der Waals surface area (Å²) in [7, 11) is 0. The quantitative estimate of drug-likeness (QED) is 0.733. The van der Waals surface area contributed by atoms with E-state index in [2.05, 4.69) is 20.2 Å². The Balaban J connectivity index is 1.33. The lowest BCUT2D eigenvalue weighted by Gasteiger charge is -2.26. The van der Waals surface area contributed by atoms with E-state index in [9.17, 15) is 4.79 Å². The van der Waals surface area contributed by atoms with Gasteiger partial charge in [0.05, 0.1) is 11.2 Å². The molecule has 2 bridgehead atoms. The third kappa shape index (κ3) is 3.02. The number of likely N-dealkylation sites (tertiary alicyclic amines) is 1. The Morgan fingerprint density at radius 3 is 3.00 bits per heavy atom. The van der Waals surface area contributed by atoms with E-state index in [4.69, 9.17) is 9.84 Å². The Morgan fingerprint density at radius 1 is 1.30 bits per heavy atom. The first kappa shape index (κ1) is 16.2. The topological polar surface area (TPSA) is 92.5 Å². The van der Waals surface area contributed by atoms with Gasteiger partial charge in [-0.25, -0.2) is 14.8 Å². The molecule has 0 aliphatic carbocycles. The summed E-state index contributed by atoms with van der Waals surface area (Å²) in [5.74, 6) is 1.10. The minimum absolute atomic E-state index is 0.486. The van der Waals surface area contributed by atoms with Crippen LogP contribution in [-0.4, -0.2) is 55.8 Å². The van der Waals surface area contributed by atoms with Crippen LogP contribution in [0.15, 0.2) is 42.9 Å². The Kier molecular flexibility index (Phi) is 3.80. The fourth-order valence-corrected chi connectivity index (χ4v) is 4.04. The number of piperazine rings is 1. The largest absolute Gasteiger partial charge is 0.464 e. The Bertz CT molecular complexity index is 1020. The van der Waals surface area contributed by atoms with E-state index < -0.39 is 6.09 Å². The molecular formula is C19H19N5O3. The third-order valence-corrected chi connectivity index (χ3v) is 5.32. The average molecular weight is 365 g/mol. The molecule has 0 saturated carbocycles. The van der Waals surface area contributed by atoms with Crippen molar-refractivity contribution in [2.45, 2.75) is 25.0 Å². The van der Waals surface area contributed by atoms with Gasteiger partial charge in [-0.2, -0.15) is 0 Å². The number of hydrogen-bond acceptors (Lipinski definition) is 6. The number of benzene rings is 1. The molecule has 2 atom stereocenters. The molecule has 8 heteroatoms. The Morgan fingerprint density at radius 2 is 2.22 bits per heavy atom. The van der Waals surface area contributed by atoms with E-state index in [0.717, 1.165) is 30.7 Å². The van der Waals surface area contributed by atoms with Crippen molar-refractivity contribution in [2.75, 3.05) is 13.1 Å². The number of ether oxygens (including phenoxy) is 1. The van der Waals surface area contributed by atoms with Crippen molar-refractivity contribution in [2.24, 2.45) is 0 Å². The summed E-state index contributed by atoms with van der Waals surface area (Å²) in [5, 5.41) is 13.5. The van der Waals surface area contributed by atoms with Crippen molar-refractivity contribution >= 4 is 17.0 Å². The van der Waals surface area contributed by atoms with Crippen LogP contribution < -0.4 is 10.1 Å². The van der Waals surface area contributed by atoms with Crippen LogP contribution in [0.2, 0.25) is 0 Å². The van der Waals surface area contributed by atoms with Crippen LogP contribution in [0.5, 0.6) is 11.6 Å². The second kappa shape index (κ2) is 6.33. The molecule has 2 aliphatic heterocycles. The van der Waals surface area contributed by atoms with Crippen LogP contribution in [0.4, 0.5) is 4.79 Å². The highest BCUT2D eigenvalue weighted by Crippen LogP contribution is 2.27. The van der Waals surface area contributed by atoms with Crippen molar-refractivity contribution < 1.29 is 14.6 Å². The van der Waals surface area contributed by atoms with Crippen LogP contribution in [-0.2, 0) is 6.54 Å². The molecule has 8 nitrogen and oxygen atoms in total. The molecule has 0 unspecified atom stereocenters. The molecule has 2 fully saturated rings. The highest BCUT2D eigenvalue weighted by Gasteiger charge is 2.37. The Labute approximate surface area is 155 Å². The predicted octanol–water partition coefficient (Wildman–Crippen LogP) is 2.30. The predicted molar refractivity (Wildman–Crippen MR) is 98.1 cm³/mol. The van der Waals surface area contributed by atoms with Gasteiger partial charge in [0, 0.05) is 49.4 Å². The first-order valence-electron chi connectivity index (χ1n) is 8.96. The average Bonchev–Trinajstić information content (AvgIpc) is 3.36. The van der Waals surface area contributed by atoms with E-state index >= 15 is 0 Å². The van der Waals surface area contributed by atoms with Gasteiger partial charge in [-0.05, 0) is 30.7 Å². The van der Waals surface area contributed by atoms with E-state index in [1.54, 1.807) is 18.2 Å². The number of aromatic nitrogens is 3. The fraction of sp³-hybridized carbons (Fsp3) is 0.316. The second-order valence-electron chi connectivity index (χ2n) is 7.06. The summed E-state index contributed by atoms with van der Waals surface area (Å²) < 4.78 is 7.07. The molecule has 2 N–H and O–H groups in total.